The van der Waals surface area contributed by atoms with Gasteiger partial charge in [0.1, 0.15) is 17.1 Å². The van der Waals surface area contributed by atoms with Crippen molar-refractivity contribution < 1.29 is 27.8 Å². The second-order valence-corrected chi connectivity index (χ2v) is 8.59. The topological polar surface area (TPSA) is 87.0 Å². The number of benzene rings is 1. The highest BCUT2D eigenvalue weighted by Crippen LogP contribution is 2.40. The molecule has 8 nitrogen and oxygen atoms in total. The number of alkyl halides is 2. The van der Waals surface area contributed by atoms with Gasteiger partial charge in [0.2, 0.25) is 0 Å². The van der Waals surface area contributed by atoms with Crippen molar-refractivity contribution in [1.82, 2.24) is 15.1 Å². The minimum Gasteiger partial charge on any atom is -0.496 e. The van der Waals surface area contributed by atoms with Gasteiger partial charge in [0.25, 0.3) is 5.91 Å². The van der Waals surface area contributed by atoms with Crippen LogP contribution in [-0.4, -0.2) is 54.9 Å². The van der Waals surface area contributed by atoms with Crippen molar-refractivity contribution in [2.75, 3.05) is 20.3 Å². The maximum absolute atomic E-state index is 13.2. The molecule has 2 fully saturated rings. The first-order valence-electron chi connectivity index (χ1n) is 11.4. The first kappa shape index (κ1) is 22.5. The van der Waals surface area contributed by atoms with E-state index in [2.05, 4.69) is 21.5 Å². The van der Waals surface area contributed by atoms with E-state index in [0.29, 0.717) is 29.4 Å². The molecule has 3 aliphatic rings. The second kappa shape index (κ2) is 9.54. The highest BCUT2D eigenvalue weighted by molar-refractivity contribution is 6.01. The lowest BCUT2D eigenvalue weighted by atomic mass is 9.92. The molecule has 0 radical (unpaired) electrons. The fraction of sp³-hybridized carbons (Fsp3) is 0.458. The van der Waals surface area contributed by atoms with E-state index in [1.165, 1.54) is 13.2 Å². The molecule has 2 aliphatic heterocycles. The van der Waals surface area contributed by atoms with Crippen LogP contribution in [0.3, 0.4) is 0 Å². The predicted octanol–water partition coefficient (Wildman–Crippen LogP) is 4.12. The molecule has 0 unspecified atom stereocenters. The summed E-state index contributed by atoms with van der Waals surface area (Å²) in [6.07, 6.45) is 9.22. The quantitative estimate of drug-likeness (QED) is 0.655. The summed E-state index contributed by atoms with van der Waals surface area (Å²) in [6, 6.07) is 3.10. The Hall–Kier alpha value is -3.27. The first-order valence-corrected chi connectivity index (χ1v) is 11.4. The van der Waals surface area contributed by atoms with E-state index in [0.717, 1.165) is 44.5 Å². The maximum Gasteiger partial charge on any atom is 0.387 e. The van der Waals surface area contributed by atoms with Crippen LogP contribution in [0.15, 0.2) is 35.0 Å². The number of hydrogen-bond donors (Lipinski definition) is 1. The van der Waals surface area contributed by atoms with Crippen LogP contribution in [0.4, 0.5) is 14.6 Å². The third-order valence-electron chi connectivity index (χ3n) is 6.29. The van der Waals surface area contributed by atoms with E-state index in [1.807, 2.05) is 6.21 Å². The zero-order valence-corrected chi connectivity index (χ0v) is 18.8. The molecule has 1 saturated carbocycles. The molecule has 1 amide bonds. The monoisotopic (exact) mass is 472 g/mol. The molecule has 3 heterocycles. The third-order valence-corrected chi connectivity index (χ3v) is 6.29. The number of aromatic nitrogens is 2. The molecule has 10 heteroatoms. The molecule has 180 valence electrons. The van der Waals surface area contributed by atoms with E-state index >= 15 is 0 Å². The van der Waals surface area contributed by atoms with Crippen LogP contribution in [-0.2, 0) is 11.3 Å². The zero-order valence-electron chi connectivity index (χ0n) is 18.8. The Labute approximate surface area is 195 Å². The Balaban J connectivity index is 1.50. The average molecular weight is 472 g/mol. The summed E-state index contributed by atoms with van der Waals surface area (Å²) < 4.78 is 43.9. The molecule has 2 aromatic rings. The van der Waals surface area contributed by atoms with Crippen LogP contribution < -0.4 is 14.8 Å². The van der Waals surface area contributed by atoms with Gasteiger partial charge in [-0.15, -0.1) is 0 Å². The Morgan fingerprint density at radius 2 is 1.97 bits per heavy atom. The summed E-state index contributed by atoms with van der Waals surface area (Å²) in [6.45, 7) is -1.08. The smallest absolute Gasteiger partial charge is 0.387 e. The number of fused-ring (bicyclic) bond motifs is 1. The summed E-state index contributed by atoms with van der Waals surface area (Å²) >= 11 is 0. The number of rotatable bonds is 7. The fourth-order valence-electron chi connectivity index (χ4n) is 4.34. The minimum absolute atomic E-state index is 0.0504. The van der Waals surface area contributed by atoms with Gasteiger partial charge in [-0.05, 0) is 54.9 Å². The van der Waals surface area contributed by atoms with Crippen molar-refractivity contribution in [2.24, 2.45) is 10.9 Å². The van der Waals surface area contributed by atoms with Gasteiger partial charge in [-0.1, -0.05) is 6.08 Å². The number of nitrogens with zero attached hydrogens (tertiary/aromatic N) is 3. The highest BCUT2D eigenvalue weighted by Gasteiger charge is 2.29. The Kier molecular flexibility index (Phi) is 6.32. The van der Waals surface area contributed by atoms with Crippen LogP contribution in [0.5, 0.6) is 11.5 Å². The average Bonchev–Trinajstić information content (AvgIpc) is 3.60. The van der Waals surface area contributed by atoms with Crippen molar-refractivity contribution in [3.8, 4) is 22.6 Å². The van der Waals surface area contributed by atoms with Gasteiger partial charge >= 0.3 is 6.61 Å². The number of carbonyl (C=O) groups excluding carboxylic acids is 1. The van der Waals surface area contributed by atoms with E-state index in [-0.39, 0.29) is 23.1 Å². The number of amides is 1. The lowest BCUT2D eigenvalue weighted by Crippen LogP contribution is -2.26. The number of carbonyl (C=O) groups is 1. The number of nitrogens with one attached hydrogen (secondary N) is 1. The van der Waals surface area contributed by atoms with Gasteiger partial charge < -0.3 is 19.5 Å². The number of aliphatic imine (C=N–C) groups is 1. The first-order chi connectivity index (χ1) is 16.5. The minimum atomic E-state index is -3.10. The number of methoxy groups -OCH3 is 1. The molecule has 0 spiro atoms. The van der Waals surface area contributed by atoms with Gasteiger partial charge in [0, 0.05) is 31.0 Å². The summed E-state index contributed by atoms with van der Waals surface area (Å²) in [7, 11) is 1.39. The lowest BCUT2D eigenvalue weighted by Gasteiger charge is -2.22. The van der Waals surface area contributed by atoms with Crippen LogP contribution in [0, 0.1) is 5.92 Å². The molecule has 1 N–H and O–H groups in total. The molecule has 1 saturated heterocycles. The molecule has 1 aliphatic carbocycles. The van der Waals surface area contributed by atoms with Gasteiger partial charge in [0.05, 0.1) is 19.9 Å². The van der Waals surface area contributed by atoms with Gasteiger partial charge in [-0.25, -0.2) is 9.67 Å². The third kappa shape index (κ3) is 4.68. The van der Waals surface area contributed by atoms with Crippen molar-refractivity contribution in [1.29, 1.82) is 0 Å². The number of allylic oxidation sites excluding steroid dienone is 2. The summed E-state index contributed by atoms with van der Waals surface area (Å²) in [5.41, 5.74) is 2.24. The largest absolute Gasteiger partial charge is 0.496 e. The molecule has 1 aromatic carbocycles. The number of halogens is 2. The van der Waals surface area contributed by atoms with Crippen molar-refractivity contribution in [2.45, 2.75) is 44.9 Å². The zero-order chi connectivity index (χ0) is 23.7. The Morgan fingerprint density at radius 1 is 1.21 bits per heavy atom. The lowest BCUT2D eigenvalue weighted by molar-refractivity contribution is -0.0502. The predicted molar refractivity (Wildman–Crippen MR) is 121 cm³/mol. The SMILES string of the molecule is COc1cc(-c2cnn3c2N=CC(C2CCOCC2)=CC3)cc(OC(F)F)c1C(=O)NC1CC1. The van der Waals surface area contributed by atoms with E-state index < -0.39 is 12.5 Å². The highest BCUT2D eigenvalue weighted by atomic mass is 19.3. The van der Waals surface area contributed by atoms with Crippen LogP contribution >= 0.6 is 0 Å². The van der Waals surface area contributed by atoms with E-state index in [1.54, 1.807) is 16.9 Å². The summed E-state index contributed by atoms with van der Waals surface area (Å²) in [4.78, 5) is 17.5. The van der Waals surface area contributed by atoms with Gasteiger partial charge in [-0.2, -0.15) is 13.9 Å². The molecule has 5 rings (SSSR count). The van der Waals surface area contributed by atoms with Gasteiger partial charge in [-0.3, -0.25) is 4.79 Å². The maximum atomic E-state index is 13.2. The van der Waals surface area contributed by atoms with Crippen molar-refractivity contribution in [3.63, 3.8) is 0 Å². The Morgan fingerprint density at radius 3 is 2.68 bits per heavy atom. The normalized spacial score (nSPS) is 18.3. The van der Waals surface area contributed by atoms with E-state index in [9.17, 15) is 13.6 Å². The fourth-order valence-corrected chi connectivity index (χ4v) is 4.34. The molecular formula is C24H26F2N4O4. The van der Waals surface area contributed by atoms with Crippen LogP contribution in [0.2, 0.25) is 0 Å². The molecule has 1 aromatic heterocycles. The van der Waals surface area contributed by atoms with Crippen LogP contribution in [0.25, 0.3) is 11.1 Å². The number of hydrogen-bond acceptors (Lipinski definition) is 6. The van der Waals surface area contributed by atoms with Crippen molar-refractivity contribution in [3.05, 3.63) is 35.5 Å². The second-order valence-electron chi connectivity index (χ2n) is 8.59. The standard InChI is InChI=1S/C24H26F2N4O4/c1-32-19-10-16(11-20(34-24(25)26)21(19)23(31)29-17-2-3-17)18-13-28-30-7-4-15(12-27-22(18)30)14-5-8-33-9-6-14/h4,10-14,17,24H,2-3,5-9H2,1H3,(H,29,31). The van der Waals surface area contributed by atoms with Crippen molar-refractivity contribution >= 4 is 17.9 Å². The molecule has 0 bridgehead atoms. The summed E-state index contributed by atoms with van der Waals surface area (Å²) in [5.74, 6) is 0.379. The Bertz CT molecular complexity index is 1130. The van der Waals surface area contributed by atoms with Gasteiger partial charge in [0.15, 0.2) is 5.82 Å². The summed E-state index contributed by atoms with van der Waals surface area (Å²) in [5, 5.41) is 7.26. The molecular weight excluding hydrogens is 446 g/mol. The van der Waals surface area contributed by atoms with E-state index in [4.69, 9.17) is 14.2 Å². The molecule has 0 atom stereocenters. The van der Waals surface area contributed by atoms with Crippen LogP contribution in [0.1, 0.15) is 36.0 Å². The molecule has 34 heavy (non-hydrogen) atoms. The number of ether oxygens (including phenoxy) is 3.